The van der Waals surface area contributed by atoms with Gasteiger partial charge in [-0.05, 0) is 37.8 Å². The Balaban J connectivity index is 1.96. The predicted molar refractivity (Wildman–Crippen MR) is 61.4 cm³/mol. The quantitative estimate of drug-likeness (QED) is 0.756. The maximum Gasteiger partial charge on any atom is 0.174 e. The number of carbonyl (C=O) groups is 1. The van der Waals surface area contributed by atoms with Gasteiger partial charge < -0.3 is 4.74 Å². The molecule has 0 saturated carbocycles. The van der Waals surface area contributed by atoms with Crippen molar-refractivity contribution in [2.24, 2.45) is 5.92 Å². The Kier molecular flexibility index (Phi) is 2.70. The maximum atomic E-state index is 13.9. The number of halogens is 2. The van der Waals surface area contributed by atoms with Gasteiger partial charge in [0.2, 0.25) is 0 Å². The van der Waals surface area contributed by atoms with Crippen molar-refractivity contribution in [2.75, 3.05) is 0 Å². The summed E-state index contributed by atoms with van der Waals surface area (Å²) in [5, 5.41) is 0. The molecule has 1 aromatic rings. The zero-order valence-electron chi connectivity index (χ0n) is 10.1. The first-order chi connectivity index (χ1) is 8.58. The lowest BCUT2D eigenvalue weighted by Gasteiger charge is -2.18. The first kappa shape index (κ1) is 11.8. The number of aryl methyl sites for hydroxylation is 1. The molecule has 1 aromatic carbocycles. The van der Waals surface area contributed by atoms with Crippen molar-refractivity contribution in [3.63, 3.8) is 0 Å². The normalized spacial score (nSPS) is 29.8. The zero-order valence-corrected chi connectivity index (χ0v) is 10.1. The van der Waals surface area contributed by atoms with Crippen molar-refractivity contribution >= 4 is 5.78 Å². The van der Waals surface area contributed by atoms with E-state index in [0.717, 1.165) is 18.9 Å². The van der Waals surface area contributed by atoms with Gasteiger partial charge in [-0.25, -0.2) is 8.78 Å². The molecule has 96 valence electrons. The number of ketones is 1. The maximum absolute atomic E-state index is 13.9. The summed E-state index contributed by atoms with van der Waals surface area (Å²) in [4.78, 5) is 12.3. The summed E-state index contributed by atoms with van der Waals surface area (Å²) >= 11 is 0. The number of hydrogen-bond acceptors (Lipinski definition) is 2. The van der Waals surface area contributed by atoms with Crippen LogP contribution in [0.2, 0.25) is 0 Å². The molecule has 0 aromatic heterocycles. The third-order valence-electron chi connectivity index (χ3n) is 3.97. The van der Waals surface area contributed by atoms with Crippen molar-refractivity contribution in [1.82, 2.24) is 0 Å². The van der Waals surface area contributed by atoms with Crippen molar-refractivity contribution in [1.29, 1.82) is 0 Å². The summed E-state index contributed by atoms with van der Waals surface area (Å²) < 4.78 is 33.2. The van der Waals surface area contributed by atoms with Gasteiger partial charge in [-0.1, -0.05) is 6.07 Å². The van der Waals surface area contributed by atoms with E-state index in [1.54, 1.807) is 0 Å². The van der Waals surface area contributed by atoms with Gasteiger partial charge in [0, 0.05) is 0 Å². The van der Waals surface area contributed by atoms with Crippen LogP contribution in [0, 0.1) is 24.5 Å². The Labute approximate surface area is 104 Å². The molecule has 3 unspecified atom stereocenters. The molecule has 0 amide bonds. The molecule has 2 aliphatic heterocycles. The topological polar surface area (TPSA) is 26.3 Å². The molecule has 18 heavy (non-hydrogen) atoms. The number of rotatable bonds is 2. The summed E-state index contributed by atoms with van der Waals surface area (Å²) in [6, 6.07) is 2.50. The van der Waals surface area contributed by atoms with E-state index in [4.69, 9.17) is 4.74 Å². The fourth-order valence-corrected chi connectivity index (χ4v) is 2.98. The van der Waals surface area contributed by atoms with Crippen LogP contribution in [0.15, 0.2) is 12.1 Å². The van der Waals surface area contributed by atoms with Crippen molar-refractivity contribution in [3.05, 3.63) is 34.9 Å². The van der Waals surface area contributed by atoms with Crippen molar-refractivity contribution in [3.8, 4) is 0 Å². The fraction of sp³-hybridized carbons (Fsp3) is 0.500. The van der Waals surface area contributed by atoms with Gasteiger partial charge in [0.15, 0.2) is 5.78 Å². The molecule has 2 aliphatic rings. The van der Waals surface area contributed by atoms with Gasteiger partial charge in [0.1, 0.15) is 11.6 Å². The number of fused-ring (bicyclic) bond motifs is 2. The van der Waals surface area contributed by atoms with Crippen LogP contribution in [0.5, 0.6) is 0 Å². The van der Waals surface area contributed by atoms with Gasteiger partial charge in [0.05, 0.1) is 23.7 Å². The second-order valence-corrected chi connectivity index (χ2v) is 5.13. The Morgan fingerprint density at radius 3 is 2.72 bits per heavy atom. The molecular formula is C14H14F2O2. The summed E-state index contributed by atoms with van der Waals surface area (Å²) in [7, 11) is 0. The molecular weight excluding hydrogens is 238 g/mol. The molecule has 0 N–H and O–H groups in total. The van der Waals surface area contributed by atoms with Crippen LogP contribution in [0.4, 0.5) is 8.78 Å². The summed E-state index contributed by atoms with van der Waals surface area (Å²) in [6.45, 7) is 1.53. The minimum Gasteiger partial charge on any atom is -0.374 e. The minimum atomic E-state index is -0.772. The number of benzene rings is 1. The summed E-state index contributed by atoms with van der Waals surface area (Å²) in [5.74, 6) is -2.33. The molecule has 2 saturated heterocycles. The molecule has 2 bridgehead atoms. The molecule has 4 heteroatoms. The van der Waals surface area contributed by atoms with E-state index >= 15 is 0 Å². The summed E-state index contributed by atoms with van der Waals surface area (Å²) in [5.41, 5.74) is -0.0972. The van der Waals surface area contributed by atoms with E-state index < -0.39 is 23.0 Å². The second-order valence-electron chi connectivity index (χ2n) is 5.13. The van der Waals surface area contributed by atoms with Gasteiger partial charge in [-0.3, -0.25) is 4.79 Å². The van der Waals surface area contributed by atoms with E-state index in [9.17, 15) is 13.6 Å². The Morgan fingerprint density at radius 1 is 1.33 bits per heavy atom. The molecule has 0 aliphatic carbocycles. The van der Waals surface area contributed by atoms with E-state index in [0.29, 0.717) is 12.0 Å². The molecule has 3 atom stereocenters. The Morgan fingerprint density at radius 2 is 2.11 bits per heavy atom. The van der Waals surface area contributed by atoms with Crippen LogP contribution in [0.25, 0.3) is 0 Å². The highest BCUT2D eigenvalue weighted by Gasteiger charge is 2.45. The number of carbonyl (C=O) groups excluding carboxylic acids is 1. The Hall–Kier alpha value is -1.29. The van der Waals surface area contributed by atoms with Crippen LogP contribution >= 0.6 is 0 Å². The lowest BCUT2D eigenvalue weighted by molar-refractivity contribution is 0.0737. The highest BCUT2D eigenvalue weighted by molar-refractivity contribution is 5.99. The number of Topliss-reactive ketones (excluding diaryl/α,β-unsaturated/α-hetero) is 1. The van der Waals surface area contributed by atoms with Gasteiger partial charge >= 0.3 is 0 Å². The molecule has 2 heterocycles. The van der Waals surface area contributed by atoms with E-state index in [1.807, 2.05) is 0 Å². The smallest absolute Gasteiger partial charge is 0.174 e. The van der Waals surface area contributed by atoms with Gasteiger partial charge in [0.25, 0.3) is 0 Å². The lowest BCUT2D eigenvalue weighted by atomic mass is 9.83. The zero-order chi connectivity index (χ0) is 12.9. The SMILES string of the molecule is Cc1ccc(F)c(C(=O)C2CC3CCC2O3)c1F. The molecule has 0 spiro atoms. The van der Waals surface area contributed by atoms with Crippen molar-refractivity contribution in [2.45, 2.75) is 38.4 Å². The van der Waals surface area contributed by atoms with E-state index in [-0.39, 0.29) is 18.1 Å². The number of hydrogen-bond donors (Lipinski definition) is 0. The largest absolute Gasteiger partial charge is 0.374 e. The fourth-order valence-electron chi connectivity index (χ4n) is 2.98. The second kappa shape index (κ2) is 4.12. The first-order valence-corrected chi connectivity index (χ1v) is 6.22. The molecule has 2 fully saturated rings. The third kappa shape index (κ3) is 1.67. The minimum absolute atomic E-state index is 0.0971. The third-order valence-corrected chi connectivity index (χ3v) is 3.97. The van der Waals surface area contributed by atoms with Crippen LogP contribution in [-0.2, 0) is 4.74 Å². The molecule has 3 rings (SSSR count). The van der Waals surface area contributed by atoms with E-state index in [2.05, 4.69) is 0 Å². The number of ether oxygens (including phenoxy) is 1. The highest BCUT2D eigenvalue weighted by Crippen LogP contribution is 2.40. The van der Waals surface area contributed by atoms with Gasteiger partial charge in [-0.2, -0.15) is 0 Å². The Bertz CT molecular complexity index is 513. The first-order valence-electron chi connectivity index (χ1n) is 6.22. The van der Waals surface area contributed by atoms with Crippen LogP contribution in [0.1, 0.15) is 35.2 Å². The van der Waals surface area contributed by atoms with Gasteiger partial charge in [-0.15, -0.1) is 0 Å². The van der Waals surface area contributed by atoms with Crippen LogP contribution in [-0.4, -0.2) is 18.0 Å². The van der Waals surface area contributed by atoms with Crippen molar-refractivity contribution < 1.29 is 18.3 Å². The average Bonchev–Trinajstić information content (AvgIpc) is 2.96. The predicted octanol–water partition coefficient (Wildman–Crippen LogP) is 3.02. The standard InChI is InChI=1S/C14H14F2O2/c1-7-2-4-10(15)12(13(7)16)14(17)9-6-8-3-5-11(9)18-8/h2,4,8-9,11H,3,5-6H2,1H3. The highest BCUT2D eigenvalue weighted by atomic mass is 19.1. The van der Waals surface area contributed by atoms with Crippen LogP contribution in [0.3, 0.4) is 0 Å². The average molecular weight is 252 g/mol. The van der Waals surface area contributed by atoms with Crippen LogP contribution < -0.4 is 0 Å². The molecule has 0 radical (unpaired) electrons. The molecule has 2 nitrogen and oxygen atoms in total. The summed E-state index contributed by atoms with van der Waals surface area (Å²) in [6.07, 6.45) is 2.31. The lowest BCUT2D eigenvalue weighted by Crippen LogP contribution is -2.27. The van der Waals surface area contributed by atoms with E-state index in [1.165, 1.54) is 13.0 Å². The monoisotopic (exact) mass is 252 g/mol.